The van der Waals surface area contributed by atoms with Gasteiger partial charge >= 0.3 is 5.97 Å². The van der Waals surface area contributed by atoms with Crippen LogP contribution in [-0.4, -0.2) is 41.0 Å². The summed E-state index contributed by atoms with van der Waals surface area (Å²) >= 11 is 0. The van der Waals surface area contributed by atoms with Crippen LogP contribution in [0.1, 0.15) is 11.4 Å². The number of benzene rings is 1. The minimum atomic E-state index is -1.03. The molecule has 0 radical (unpaired) electrons. The number of aryl methyl sites for hydroxylation is 1. The molecule has 10 nitrogen and oxygen atoms in total. The molecular formula is C14H11N7O3. The second-order valence-electron chi connectivity index (χ2n) is 5.21. The SMILES string of the molecule is Cc1ccc(Nc2nc3nonc3n3c(CC(=O)O)nnc23)cc1. The summed E-state index contributed by atoms with van der Waals surface area (Å²) in [6.07, 6.45) is -0.308. The second kappa shape index (κ2) is 5.26. The number of nitrogens with one attached hydrogen (secondary N) is 1. The molecule has 2 N–H and O–H groups in total. The fourth-order valence-corrected chi connectivity index (χ4v) is 2.35. The van der Waals surface area contributed by atoms with E-state index in [1.807, 2.05) is 31.2 Å². The van der Waals surface area contributed by atoms with Crippen molar-refractivity contribution in [3.63, 3.8) is 0 Å². The third kappa shape index (κ3) is 2.29. The molecule has 0 atom stereocenters. The van der Waals surface area contributed by atoms with Crippen molar-refractivity contribution in [3.05, 3.63) is 35.7 Å². The predicted octanol–water partition coefficient (Wildman–Crippen LogP) is 1.34. The van der Waals surface area contributed by atoms with E-state index in [0.29, 0.717) is 11.5 Å². The van der Waals surface area contributed by atoms with Gasteiger partial charge in [0.15, 0.2) is 11.6 Å². The van der Waals surface area contributed by atoms with Crippen LogP contribution in [0.3, 0.4) is 0 Å². The van der Waals surface area contributed by atoms with Crippen molar-refractivity contribution < 1.29 is 14.5 Å². The Morgan fingerprint density at radius 2 is 2.00 bits per heavy atom. The molecule has 0 amide bonds. The highest BCUT2D eigenvalue weighted by molar-refractivity contribution is 5.80. The Bertz CT molecular complexity index is 1050. The molecule has 24 heavy (non-hydrogen) atoms. The molecule has 0 saturated heterocycles. The smallest absolute Gasteiger partial charge is 0.311 e. The van der Waals surface area contributed by atoms with Gasteiger partial charge in [-0.15, -0.1) is 10.2 Å². The number of nitrogens with zero attached hydrogens (tertiary/aromatic N) is 6. The summed E-state index contributed by atoms with van der Waals surface area (Å²) in [5, 5.41) is 27.6. The van der Waals surface area contributed by atoms with Crippen molar-refractivity contribution in [2.75, 3.05) is 5.32 Å². The quantitative estimate of drug-likeness (QED) is 0.570. The molecule has 3 heterocycles. The monoisotopic (exact) mass is 325 g/mol. The van der Waals surface area contributed by atoms with Crippen LogP contribution in [-0.2, 0) is 11.2 Å². The molecule has 10 heteroatoms. The first-order chi connectivity index (χ1) is 11.6. The van der Waals surface area contributed by atoms with Gasteiger partial charge in [0.05, 0.1) is 0 Å². The molecule has 0 aliphatic rings. The zero-order valence-electron chi connectivity index (χ0n) is 12.5. The Kier molecular flexibility index (Phi) is 3.08. The normalized spacial score (nSPS) is 11.2. The number of hydrogen-bond acceptors (Lipinski definition) is 8. The van der Waals surface area contributed by atoms with Gasteiger partial charge in [0.25, 0.3) is 0 Å². The van der Waals surface area contributed by atoms with E-state index in [0.717, 1.165) is 11.3 Å². The van der Waals surface area contributed by atoms with E-state index in [9.17, 15) is 4.79 Å². The van der Waals surface area contributed by atoms with Gasteiger partial charge in [-0.3, -0.25) is 9.20 Å². The topological polar surface area (TPSA) is 131 Å². The Balaban J connectivity index is 1.89. The van der Waals surface area contributed by atoms with Crippen LogP contribution < -0.4 is 5.32 Å². The van der Waals surface area contributed by atoms with E-state index in [2.05, 4.69) is 30.8 Å². The van der Waals surface area contributed by atoms with Crippen LogP contribution in [0.15, 0.2) is 28.9 Å². The second-order valence-corrected chi connectivity index (χ2v) is 5.21. The van der Waals surface area contributed by atoms with E-state index in [4.69, 9.17) is 9.74 Å². The molecule has 1 aromatic carbocycles. The lowest BCUT2D eigenvalue weighted by atomic mass is 10.2. The zero-order valence-corrected chi connectivity index (χ0v) is 12.5. The predicted molar refractivity (Wildman–Crippen MR) is 81.9 cm³/mol. The largest absolute Gasteiger partial charge is 0.481 e. The number of rotatable bonds is 4. The van der Waals surface area contributed by atoms with Crippen LogP contribution in [0, 0.1) is 6.92 Å². The average molecular weight is 325 g/mol. The lowest BCUT2D eigenvalue weighted by Crippen LogP contribution is -2.07. The molecule has 4 rings (SSSR count). The van der Waals surface area contributed by atoms with Gasteiger partial charge in [-0.1, -0.05) is 17.7 Å². The Morgan fingerprint density at radius 1 is 1.21 bits per heavy atom. The summed E-state index contributed by atoms with van der Waals surface area (Å²) < 4.78 is 6.18. The molecule has 0 bridgehead atoms. The van der Waals surface area contributed by atoms with Crippen LogP contribution in [0.5, 0.6) is 0 Å². The first kappa shape index (κ1) is 14.1. The number of aliphatic carboxylic acids is 1. The van der Waals surface area contributed by atoms with E-state index in [-0.39, 0.29) is 23.5 Å². The molecule has 0 unspecified atom stereocenters. The number of hydrogen-bond donors (Lipinski definition) is 2. The van der Waals surface area contributed by atoms with Gasteiger partial charge in [-0.25, -0.2) is 9.61 Å². The number of carboxylic acid groups (broad SMARTS) is 1. The van der Waals surface area contributed by atoms with Crippen LogP contribution >= 0.6 is 0 Å². The first-order valence-corrected chi connectivity index (χ1v) is 7.03. The first-order valence-electron chi connectivity index (χ1n) is 7.03. The number of carboxylic acids is 1. The summed E-state index contributed by atoms with van der Waals surface area (Å²) in [6.45, 7) is 1.99. The molecule has 3 aromatic heterocycles. The Morgan fingerprint density at radius 3 is 2.75 bits per heavy atom. The van der Waals surface area contributed by atoms with Gasteiger partial charge in [0.1, 0.15) is 6.42 Å². The number of fused-ring (bicyclic) bond motifs is 3. The van der Waals surface area contributed by atoms with Crippen molar-refractivity contribution in [1.82, 2.24) is 29.9 Å². The molecule has 0 aliphatic carbocycles. The average Bonchev–Trinajstić information content (AvgIpc) is 3.16. The molecular weight excluding hydrogens is 314 g/mol. The van der Waals surface area contributed by atoms with Crippen LogP contribution in [0.4, 0.5) is 11.5 Å². The Labute approximate surface area is 134 Å². The van der Waals surface area contributed by atoms with Crippen molar-refractivity contribution in [3.8, 4) is 0 Å². The minimum absolute atomic E-state index is 0.215. The summed E-state index contributed by atoms with van der Waals surface area (Å²) in [7, 11) is 0. The third-order valence-electron chi connectivity index (χ3n) is 3.45. The van der Waals surface area contributed by atoms with Crippen molar-refractivity contribution in [1.29, 1.82) is 0 Å². The maximum atomic E-state index is 11.0. The van der Waals surface area contributed by atoms with Crippen molar-refractivity contribution in [2.45, 2.75) is 13.3 Å². The maximum absolute atomic E-state index is 11.0. The number of carbonyl (C=O) groups is 1. The lowest BCUT2D eigenvalue weighted by molar-refractivity contribution is -0.136. The van der Waals surface area contributed by atoms with E-state index in [1.165, 1.54) is 4.40 Å². The molecule has 4 aromatic rings. The zero-order chi connectivity index (χ0) is 16.7. The number of anilines is 2. The van der Waals surface area contributed by atoms with Gasteiger partial charge < -0.3 is 10.4 Å². The van der Waals surface area contributed by atoms with Gasteiger partial charge in [0.2, 0.25) is 16.9 Å². The molecule has 0 fully saturated rings. The lowest BCUT2D eigenvalue weighted by Gasteiger charge is -2.07. The van der Waals surface area contributed by atoms with Crippen LogP contribution in [0.25, 0.3) is 16.9 Å². The Hall–Kier alpha value is -3.56. The van der Waals surface area contributed by atoms with E-state index < -0.39 is 5.97 Å². The van der Waals surface area contributed by atoms with E-state index >= 15 is 0 Å². The van der Waals surface area contributed by atoms with Crippen molar-refractivity contribution >= 4 is 34.4 Å². The van der Waals surface area contributed by atoms with Crippen molar-refractivity contribution in [2.24, 2.45) is 0 Å². The molecule has 120 valence electrons. The summed E-state index contributed by atoms with van der Waals surface area (Å²) in [5.41, 5.74) is 2.76. The molecule has 0 aliphatic heterocycles. The van der Waals surface area contributed by atoms with Crippen LogP contribution in [0.2, 0.25) is 0 Å². The highest BCUT2D eigenvalue weighted by atomic mass is 16.6. The standard InChI is InChI=1S/C14H11N7O3/c1-7-2-4-8(5-3-7)15-11-13-18-17-9(6-10(22)23)21(13)14-12(16-11)19-24-20-14/h2-5H,6H2,1H3,(H,22,23)(H,15,16,19). The summed E-state index contributed by atoms with van der Waals surface area (Å²) in [4.78, 5) is 15.3. The third-order valence-corrected chi connectivity index (χ3v) is 3.45. The molecule has 0 spiro atoms. The summed E-state index contributed by atoms with van der Waals surface area (Å²) in [6, 6.07) is 7.70. The maximum Gasteiger partial charge on any atom is 0.311 e. The van der Waals surface area contributed by atoms with Gasteiger partial charge in [-0.05, 0) is 29.4 Å². The van der Waals surface area contributed by atoms with Gasteiger partial charge in [0, 0.05) is 5.69 Å². The highest BCUT2D eigenvalue weighted by Gasteiger charge is 2.20. The van der Waals surface area contributed by atoms with Gasteiger partial charge in [-0.2, -0.15) is 0 Å². The fourth-order valence-electron chi connectivity index (χ4n) is 2.35. The molecule has 0 saturated carbocycles. The fraction of sp³-hybridized carbons (Fsp3) is 0.143. The minimum Gasteiger partial charge on any atom is -0.481 e. The van der Waals surface area contributed by atoms with E-state index in [1.54, 1.807) is 0 Å². The highest BCUT2D eigenvalue weighted by Crippen LogP contribution is 2.23. The summed E-state index contributed by atoms with van der Waals surface area (Å²) in [5.74, 6) is -0.433. The number of aromatic nitrogens is 6.